The lowest BCUT2D eigenvalue weighted by Gasteiger charge is -2.40. The van der Waals surface area contributed by atoms with Crippen LogP contribution in [-0.2, 0) is 9.53 Å². The summed E-state index contributed by atoms with van der Waals surface area (Å²) in [5, 5.41) is 3.34. The number of carbonyl (C=O) groups excluding carboxylic acids is 2. The van der Waals surface area contributed by atoms with Gasteiger partial charge in [0.1, 0.15) is 11.6 Å². The van der Waals surface area contributed by atoms with Gasteiger partial charge in [0.25, 0.3) is 11.8 Å². The molecular weight excluding hydrogens is 447 g/mol. The minimum absolute atomic E-state index is 0.0335. The Morgan fingerprint density at radius 1 is 1.21 bits per heavy atom. The second kappa shape index (κ2) is 10.1. The van der Waals surface area contributed by atoms with Crippen molar-refractivity contribution in [2.24, 2.45) is 0 Å². The largest absolute Gasteiger partial charge is 0.481 e. The van der Waals surface area contributed by atoms with Crippen LogP contribution in [0.25, 0.3) is 0 Å². The van der Waals surface area contributed by atoms with Crippen molar-refractivity contribution >= 4 is 23.4 Å². The molecule has 0 radical (unpaired) electrons. The number of hydrogen-bond donors (Lipinski definition) is 1. The van der Waals surface area contributed by atoms with Crippen molar-refractivity contribution < 1.29 is 23.5 Å². The number of benzene rings is 2. The Morgan fingerprint density at radius 2 is 1.97 bits per heavy atom. The molecule has 0 aliphatic carbocycles. The number of amides is 2. The highest BCUT2D eigenvalue weighted by molar-refractivity contribution is 6.30. The third-order valence-corrected chi connectivity index (χ3v) is 6.63. The van der Waals surface area contributed by atoms with E-state index in [9.17, 15) is 14.0 Å². The van der Waals surface area contributed by atoms with Crippen molar-refractivity contribution in [3.63, 3.8) is 0 Å². The maximum absolute atomic E-state index is 13.8. The Hall–Kier alpha value is -2.64. The van der Waals surface area contributed by atoms with Gasteiger partial charge in [-0.25, -0.2) is 4.39 Å². The molecule has 1 spiro atoms. The molecule has 2 aliphatic rings. The second-order valence-corrected chi connectivity index (χ2v) is 9.13. The van der Waals surface area contributed by atoms with E-state index in [4.69, 9.17) is 21.1 Å². The Balaban J connectivity index is 1.24. The first kappa shape index (κ1) is 23.5. The van der Waals surface area contributed by atoms with E-state index in [1.54, 1.807) is 43.3 Å². The molecule has 0 saturated carbocycles. The zero-order valence-corrected chi connectivity index (χ0v) is 19.3. The first-order chi connectivity index (χ1) is 15.8. The van der Waals surface area contributed by atoms with Crippen LogP contribution >= 0.6 is 11.6 Å². The molecule has 2 aliphatic heterocycles. The van der Waals surface area contributed by atoms with Crippen LogP contribution in [0.5, 0.6) is 5.75 Å². The molecule has 33 heavy (non-hydrogen) atoms. The predicted octanol–water partition coefficient (Wildman–Crippen LogP) is 4.22. The van der Waals surface area contributed by atoms with Gasteiger partial charge in [0.05, 0.1) is 17.3 Å². The summed E-state index contributed by atoms with van der Waals surface area (Å²) in [7, 11) is 0. The van der Waals surface area contributed by atoms with Gasteiger partial charge in [-0.2, -0.15) is 0 Å². The standard InChI is InChI=1S/C25H28ClFN2O4/c1-17(32-19-6-4-5-18(26)15-19)24(31)29-13-11-25(12-14-29)10-9-20(33-25)16-28-23(30)21-7-2-3-8-22(21)27/h2-8,15,17,20H,9-14,16H2,1H3,(H,28,30)/t17-,20-/m0/s1. The molecule has 2 amide bonds. The molecule has 2 atom stereocenters. The van der Waals surface area contributed by atoms with Gasteiger partial charge in [0.2, 0.25) is 0 Å². The summed E-state index contributed by atoms with van der Waals surface area (Å²) >= 11 is 5.99. The third-order valence-electron chi connectivity index (χ3n) is 6.39. The van der Waals surface area contributed by atoms with Gasteiger partial charge in [-0.1, -0.05) is 29.8 Å². The fourth-order valence-electron chi connectivity index (χ4n) is 4.54. The number of hydrogen-bond acceptors (Lipinski definition) is 4. The number of ether oxygens (including phenoxy) is 2. The number of nitrogens with one attached hydrogen (secondary N) is 1. The molecule has 6 nitrogen and oxygen atoms in total. The first-order valence-corrected chi connectivity index (χ1v) is 11.6. The van der Waals surface area contributed by atoms with Crippen molar-refractivity contribution in [2.45, 2.75) is 50.4 Å². The molecule has 2 aromatic carbocycles. The van der Waals surface area contributed by atoms with Crippen molar-refractivity contribution in [1.29, 1.82) is 0 Å². The number of nitrogens with zero attached hydrogens (tertiary/aromatic N) is 1. The summed E-state index contributed by atoms with van der Waals surface area (Å²) in [6.45, 7) is 3.27. The second-order valence-electron chi connectivity index (χ2n) is 8.69. The highest BCUT2D eigenvalue weighted by Crippen LogP contribution is 2.39. The van der Waals surface area contributed by atoms with Crippen molar-refractivity contribution in [3.05, 3.63) is 64.9 Å². The SMILES string of the molecule is C[C@H](Oc1cccc(Cl)c1)C(=O)N1CCC2(CC[C@@H](CNC(=O)c3ccccc3F)O2)CC1. The van der Waals surface area contributed by atoms with Crippen LogP contribution in [0.3, 0.4) is 0 Å². The highest BCUT2D eigenvalue weighted by atomic mass is 35.5. The van der Waals surface area contributed by atoms with Crippen LogP contribution in [0.4, 0.5) is 4.39 Å². The summed E-state index contributed by atoms with van der Waals surface area (Å²) in [6, 6.07) is 12.9. The minimum Gasteiger partial charge on any atom is -0.481 e. The first-order valence-electron chi connectivity index (χ1n) is 11.3. The number of halogens is 2. The third kappa shape index (κ3) is 5.65. The Bertz CT molecular complexity index is 1010. The number of likely N-dealkylation sites (tertiary alicyclic amines) is 1. The summed E-state index contributed by atoms with van der Waals surface area (Å²) in [5.41, 5.74) is -0.243. The molecule has 2 aromatic rings. The average Bonchev–Trinajstić information content (AvgIpc) is 3.20. The molecule has 0 unspecified atom stereocenters. The quantitative estimate of drug-likeness (QED) is 0.680. The van der Waals surface area contributed by atoms with E-state index in [-0.39, 0.29) is 23.2 Å². The molecule has 1 N–H and O–H groups in total. The van der Waals surface area contributed by atoms with Crippen LogP contribution < -0.4 is 10.1 Å². The van der Waals surface area contributed by atoms with Gasteiger partial charge in [-0.15, -0.1) is 0 Å². The minimum atomic E-state index is -0.608. The Labute approximate surface area is 198 Å². The van der Waals surface area contributed by atoms with Gasteiger partial charge in [0.15, 0.2) is 6.10 Å². The van der Waals surface area contributed by atoms with E-state index in [1.807, 2.05) is 4.90 Å². The van der Waals surface area contributed by atoms with E-state index in [0.29, 0.717) is 30.4 Å². The van der Waals surface area contributed by atoms with E-state index in [0.717, 1.165) is 25.7 Å². The van der Waals surface area contributed by atoms with Gasteiger partial charge in [0, 0.05) is 24.7 Å². The van der Waals surface area contributed by atoms with Gasteiger partial charge < -0.3 is 19.7 Å². The van der Waals surface area contributed by atoms with Crippen LogP contribution in [0.2, 0.25) is 5.02 Å². The van der Waals surface area contributed by atoms with Crippen molar-refractivity contribution in [1.82, 2.24) is 10.2 Å². The fraction of sp³-hybridized carbons (Fsp3) is 0.440. The van der Waals surface area contributed by atoms with E-state index < -0.39 is 17.8 Å². The summed E-state index contributed by atoms with van der Waals surface area (Å²) < 4.78 is 25.9. The fourth-order valence-corrected chi connectivity index (χ4v) is 4.72. The maximum Gasteiger partial charge on any atom is 0.263 e. The molecule has 0 aromatic heterocycles. The molecule has 8 heteroatoms. The van der Waals surface area contributed by atoms with Crippen LogP contribution in [0.15, 0.2) is 48.5 Å². The van der Waals surface area contributed by atoms with Crippen LogP contribution in [-0.4, -0.2) is 54.2 Å². The lowest BCUT2D eigenvalue weighted by Crippen LogP contribution is -2.50. The Morgan fingerprint density at radius 3 is 2.70 bits per heavy atom. The average molecular weight is 475 g/mol. The van der Waals surface area contributed by atoms with E-state index in [1.165, 1.54) is 12.1 Å². The predicted molar refractivity (Wildman–Crippen MR) is 123 cm³/mol. The lowest BCUT2D eigenvalue weighted by atomic mass is 9.88. The molecule has 2 saturated heterocycles. The van der Waals surface area contributed by atoms with E-state index in [2.05, 4.69) is 5.32 Å². The van der Waals surface area contributed by atoms with Gasteiger partial charge in [-0.05, 0) is 62.9 Å². The number of piperidine rings is 1. The molecule has 2 heterocycles. The molecular formula is C25H28ClFN2O4. The van der Waals surface area contributed by atoms with Crippen LogP contribution in [0, 0.1) is 5.82 Å². The molecule has 0 bridgehead atoms. The molecule has 2 fully saturated rings. The number of carbonyl (C=O) groups is 2. The van der Waals surface area contributed by atoms with Crippen molar-refractivity contribution in [3.8, 4) is 5.75 Å². The lowest BCUT2D eigenvalue weighted by molar-refractivity contribution is -0.144. The highest BCUT2D eigenvalue weighted by Gasteiger charge is 2.43. The smallest absolute Gasteiger partial charge is 0.263 e. The van der Waals surface area contributed by atoms with Gasteiger partial charge in [-0.3, -0.25) is 9.59 Å². The topological polar surface area (TPSA) is 67.9 Å². The monoisotopic (exact) mass is 474 g/mol. The summed E-state index contributed by atoms with van der Waals surface area (Å²) in [6.07, 6.45) is 2.45. The normalized spacial score (nSPS) is 20.5. The zero-order valence-electron chi connectivity index (χ0n) is 18.6. The van der Waals surface area contributed by atoms with Gasteiger partial charge >= 0.3 is 0 Å². The number of rotatable bonds is 6. The summed E-state index contributed by atoms with van der Waals surface area (Å²) in [5.74, 6) is -0.469. The van der Waals surface area contributed by atoms with Crippen molar-refractivity contribution in [2.75, 3.05) is 19.6 Å². The molecule has 4 rings (SSSR count). The zero-order chi connectivity index (χ0) is 23.4. The van der Waals surface area contributed by atoms with Crippen LogP contribution in [0.1, 0.15) is 43.0 Å². The molecule has 176 valence electrons. The Kier molecular flexibility index (Phi) is 7.20. The summed E-state index contributed by atoms with van der Waals surface area (Å²) in [4.78, 5) is 26.9. The van der Waals surface area contributed by atoms with E-state index >= 15 is 0 Å². The maximum atomic E-state index is 13.8.